The molecule has 5 heteroatoms. The minimum Gasteiger partial charge on any atom is -0.322 e. The lowest BCUT2D eigenvalue weighted by Gasteiger charge is -2.17. The fourth-order valence-electron chi connectivity index (χ4n) is 1.32. The number of nitrogens with two attached hydrogens (primary N) is 1. The molecular formula is C12H16F2N2O. The van der Waals surface area contributed by atoms with Crippen LogP contribution in [0, 0.1) is 17.6 Å². The van der Waals surface area contributed by atoms with Crippen molar-refractivity contribution in [2.24, 2.45) is 11.7 Å². The molecule has 1 rings (SSSR count). The van der Waals surface area contributed by atoms with Crippen molar-refractivity contribution in [3.05, 3.63) is 29.8 Å². The molecule has 3 nitrogen and oxygen atoms in total. The highest BCUT2D eigenvalue weighted by molar-refractivity contribution is 5.94. The Bertz CT molecular complexity index is 409. The smallest absolute Gasteiger partial charge is 0.241 e. The Balaban J connectivity index is 2.77. The second-order valence-corrected chi connectivity index (χ2v) is 4.02. The zero-order valence-corrected chi connectivity index (χ0v) is 9.84. The van der Waals surface area contributed by atoms with Crippen LogP contribution >= 0.6 is 0 Å². The Morgan fingerprint density at radius 3 is 2.71 bits per heavy atom. The largest absolute Gasteiger partial charge is 0.322 e. The van der Waals surface area contributed by atoms with Gasteiger partial charge in [0.1, 0.15) is 11.6 Å². The first-order valence-corrected chi connectivity index (χ1v) is 5.47. The predicted octanol–water partition coefficient (Wildman–Crippen LogP) is 2.28. The Hall–Kier alpha value is -1.49. The van der Waals surface area contributed by atoms with E-state index in [1.165, 1.54) is 0 Å². The van der Waals surface area contributed by atoms with Crippen LogP contribution in [0.3, 0.4) is 0 Å². The summed E-state index contributed by atoms with van der Waals surface area (Å²) >= 11 is 0. The monoisotopic (exact) mass is 242 g/mol. The molecular weight excluding hydrogens is 226 g/mol. The molecule has 0 fully saturated rings. The van der Waals surface area contributed by atoms with Crippen LogP contribution in [0.1, 0.15) is 20.3 Å². The average molecular weight is 242 g/mol. The summed E-state index contributed by atoms with van der Waals surface area (Å²) in [6, 6.07) is 2.14. The van der Waals surface area contributed by atoms with E-state index in [1.54, 1.807) is 0 Å². The number of nitrogens with one attached hydrogen (secondary N) is 1. The molecule has 0 heterocycles. The summed E-state index contributed by atoms with van der Waals surface area (Å²) < 4.78 is 26.1. The lowest BCUT2D eigenvalue weighted by atomic mass is 9.99. The molecule has 0 spiro atoms. The second kappa shape index (κ2) is 5.72. The first-order chi connectivity index (χ1) is 7.95. The molecule has 0 aromatic heterocycles. The van der Waals surface area contributed by atoms with Crippen LogP contribution in [-0.4, -0.2) is 11.9 Å². The molecule has 2 atom stereocenters. The van der Waals surface area contributed by atoms with Crippen LogP contribution < -0.4 is 11.1 Å². The Kier molecular flexibility index (Phi) is 4.57. The molecule has 0 saturated carbocycles. The van der Waals surface area contributed by atoms with Crippen molar-refractivity contribution in [1.82, 2.24) is 0 Å². The van der Waals surface area contributed by atoms with Gasteiger partial charge in [0.05, 0.1) is 11.7 Å². The minimum atomic E-state index is -0.734. The number of carbonyl (C=O) groups excluding carboxylic acids is 1. The van der Waals surface area contributed by atoms with Gasteiger partial charge in [-0.05, 0) is 18.1 Å². The lowest BCUT2D eigenvalue weighted by Crippen LogP contribution is -2.40. The molecule has 1 amide bonds. The maximum atomic E-state index is 13.3. The molecule has 1 aromatic rings. The highest BCUT2D eigenvalue weighted by Gasteiger charge is 2.20. The summed E-state index contributed by atoms with van der Waals surface area (Å²) in [5.41, 5.74) is 5.49. The number of halogens is 2. The number of benzene rings is 1. The third-order valence-corrected chi connectivity index (χ3v) is 2.75. The van der Waals surface area contributed by atoms with Crippen LogP contribution in [0.2, 0.25) is 0 Å². The van der Waals surface area contributed by atoms with Crippen LogP contribution in [-0.2, 0) is 4.79 Å². The SMILES string of the molecule is CCC(C)C(N)C(=O)Nc1cc(F)ccc1F. The van der Waals surface area contributed by atoms with Gasteiger partial charge < -0.3 is 11.1 Å². The van der Waals surface area contributed by atoms with E-state index in [-0.39, 0.29) is 11.6 Å². The summed E-state index contributed by atoms with van der Waals surface area (Å²) in [6.07, 6.45) is 0.736. The van der Waals surface area contributed by atoms with Crippen LogP contribution in [0.25, 0.3) is 0 Å². The van der Waals surface area contributed by atoms with Crippen LogP contribution in [0.4, 0.5) is 14.5 Å². The maximum absolute atomic E-state index is 13.3. The summed E-state index contributed by atoms with van der Waals surface area (Å²) in [5, 5.41) is 2.29. The summed E-state index contributed by atoms with van der Waals surface area (Å²) in [7, 11) is 0. The van der Waals surface area contributed by atoms with Crippen molar-refractivity contribution >= 4 is 11.6 Å². The van der Waals surface area contributed by atoms with Crippen LogP contribution in [0.15, 0.2) is 18.2 Å². The van der Waals surface area contributed by atoms with Crippen molar-refractivity contribution in [1.29, 1.82) is 0 Å². The lowest BCUT2D eigenvalue weighted by molar-refractivity contribution is -0.118. The molecule has 3 N–H and O–H groups in total. The zero-order chi connectivity index (χ0) is 13.0. The Morgan fingerprint density at radius 1 is 1.47 bits per heavy atom. The van der Waals surface area contributed by atoms with Gasteiger partial charge >= 0.3 is 0 Å². The molecule has 0 aliphatic rings. The van der Waals surface area contributed by atoms with Gasteiger partial charge in [0.25, 0.3) is 0 Å². The number of hydrogen-bond donors (Lipinski definition) is 2. The summed E-state index contributed by atoms with van der Waals surface area (Å²) in [5.74, 6) is -1.83. The molecule has 1 aromatic carbocycles. The van der Waals surface area contributed by atoms with E-state index in [1.807, 2.05) is 13.8 Å². The van der Waals surface area contributed by atoms with Gasteiger partial charge in [-0.3, -0.25) is 4.79 Å². The second-order valence-electron chi connectivity index (χ2n) is 4.02. The summed E-state index contributed by atoms with van der Waals surface area (Å²) in [4.78, 5) is 11.7. The first-order valence-electron chi connectivity index (χ1n) is 5.47. The molecule has 0 radical (unpaired) electrons. The van der Waals surface area contributed by atoms with Gasteiger partial charge in [-0.25, -0.2) is 8.78 Å². The molecule has 0 saturated heterocycles. The third-order valence-electron chi connectivity index (χ3n) is 2.75. The maximum Gasteiger partial charge on any atom is 0.241 e. The van der Waals surface area contributed by atoms with Gasteiger partial charge in [-0.2, -0.15) is 0 Å². The Labute approximate surface area is 99.0 Å². The molecule has 2 unspecified atom stereocenters. The highest BCUT2D eigenvalue weighted by atomic mass is 19.1. The van der Waals surface area contributed by atoms with Crippen molar-refractivity contribution < 1.29 is 13.6 Å². The average Bonchev–Trinajstić information content (AvgIpc) is 2.31. The van der Waals surface area contributed by atoms with E-state index in [2.05, 4.69) is 5.32 Å². The van der Waals surface area contributed by atoms with Gasteiger partial charge in [-0.1, -0.05) is 20.3 Å². The van der Waals surface area contributed by atoms with Crippen molar-refractivity contribution in [2.75, 3.05) is 5.32 Å². The quantitative estimate of drug-likeness (QED) is 0.851. The van der Waals surface area contributed by atoms with E-state index >= 15 is 0 Å². The molecule has 0 bridgehead atoms. The molecule has 0 aliphatic carbocycles. The molecule has 17 heavy (non-hydrogen) atoms. The van der Waals surface area contributed by atoms with E-state index in [9.17, 15) is 13.6 Å². The van der Waals surface area contributed by atoms with E-state index < -0.39 is 23.6 Å². The standard InChI is InChI=1S/C12H16F2N2O/c1-3-7(2)11(15)12(17)16-10-6-8(13)4-5-9(10)14/h4-7,11H,3,15H2,1-2H3,(H,16,17). The Morgan fingerprint density at radius 2 is 2.12 bits per heavy atom. The number of anilines is 1. The van der Waals surface area contributed by atoms with Crippen molar-refractivity contribution in [3.63, 3.8) is 0 Å². The minimum absolute atomic E-state index is 0.0216. The number of amides is 1. The molecule has 94 valence electrons. The van der Waals surface area contributed by atoms with Gasteiger partial charge in [0.15, 0.2) is 0 Å². The highest BCUT2D eigenvalue weighted by Crippen LogP contribution is 2.16. The summed E-state index contributed by atoms with van der Waals surface area (Å²) in [6.45, 7) is 3.73. The van der Waals surface area contributed by atoms with E-state index in [4.69, 9.17) is 5.73 Å². The fraction of sp³-hybridized carbons (Fsp3) is 0.417. The van der Waals surface area contributed by atoms with Crippen molar-refractivity contribution in [3.8, 4) is 0 Å². The van der Waals surface area contributed by atoms with Crippen molar-refractivity contribution in [2.45, 2.75) is 26.3 Å². The van der Waals surface area contributed by atoms with E-state index in [0.717, 1.165) is 24.6 Å². The number of hydrogen-bond acceptors (Lipinski definition) is 2. The van der Waals surface area contributed by atoms with Gasteiger partial charge in [-0.15, -0.1) is 0 Å². The normalized spacial score (nSPS) is 14.2. The van der Waals surface area contributed by atoms with Gasteiger partial charge in [0, 0.05) is 6.07 Å². The van der Waals surface area contributed by atoms with Crippen LogP contribution in [0.5, 0.6) is 0 Å². The zero-order valence-electron chi connectivity index (χ0n) is 9.84. The van der Waals surface area contributed by atoms with Gasteiger partial charge in [0.2, 0.25) is 5.91 Å². The number of carbonyl (C=O) groups is 1. The topological polar surface area (TPSA) is 55.1 Å². The molecule has 0 aliphatic heterocycles. The number of rotatable bonds is 4. The third kappa shape index (κ3) is 3.49. The predicted molar refractivity (Wildman–Crippen MR) is 62.4 cm³/mol. The van der Waals surface area contributed by atoms with E-state index in [0.29, 0.717) is 0 Å². The first kappa shape index (κ1) is 13.6. The fourth-order valence-corrected chi connectivity index (χ4v) is 1.32.